The zero-order chi connectivity index (χ0) is 10.6. The summed E-state index contributed by atoms with van der Waals surface area (Å²) in [6.45, 7) is 8.09. The second-order valence-electron chi connectivity index (χ2n) is 3.62. The first kappa shape index (κ1) is 10.8. The molecule has 0 unspecified atom stereocenters. The molecule has 0 radical (unpaired) electrons. The predicted octanol–water partition coefficient (Wildman–Crippen LogP) is 3.33. The Hall–Kier alpha value is -1.24. The number of nitrogens with one attached hydrogen (secondary N) is 1. The van der Waals surface area contributed by atoms with Crippen LogP contribution in [0.2, 0.25) is 0 Å². The highest BCUT2D eigenvalue weighted by atomic mass is 14.8. The van der Waals surface area contributed by atoms with E-state index in [9.17, 15) is 0 Å². The molecule has 0 aliphatic heterocycles. The van der Waals surface area contributed by atoms with Crippen molar-refractivity contribution in [3.05, 3.63) is 47.2 Å². The van der Waals surface area contributed by atoms with E-state index in [1.807, 2.05) is 7.05 Å². The van der Waals surface area contributed by atoms with Gasteiger partial charge in [-0.2, -0.15) is 0 Å². The topological polar surface area (TPSA) is 12.0 Å². The van der Waals surface area contributed by atoms with Crippen LogP contribution in [0.3, 0.4) is 0 Å². The molecule has 0 bridgehead atoms. The van der Waals surface area contributed by atoms with Crippen LogP contribution in [0.25, 0.3) is 0 Å². The van der Waals surface area contributed by atoms with Gasteiger partial charge in [-0.1, -0.05) is 30.4 Å². The third-order valence-electron chi connectivity index (χ3n) is 2.60. The van der Waals surface area contributed by atoms with Crippen molar-refractivity contribution in [1.82, 2.24) is 5.32 Å². The van der Waals surface area contributed by atoms with Gasteiger partial charge in [0, 0.05) is 12.7 Å². The maximum absolute atomic E-state index is 3.96. The fourth-order valence-electron chi connectivity index (χ4n) is 1.71. The zero-order valence-electron chi connectivity index (χ0n) is 9.35. The average molecular weight is 189 g/mol. The lowest BCUT2D eigenvalue weighted by Gasteiger charge is -2.16. The maximum atomic E-state index is 3.96. The van der Waals surface area contributed by atoms with Gasteiger partial charge < -0.3 is 5.32 Å². The minimum atomic E-state index is 1.11. The van der Waals surface area contributed by atoms with Gasteiger partial charge in [-0.3, -0.25) is 0 Å². The molecule has 0 aromatic rings. The minimum absolute atomic E-state index is 1.11. The van der Waals surface area contributed by atoms with Gasteiger partial charge in [0.1, 0.15) is 0 Å². The van der Waals surface area contributed by atoms with E-state index in [1.165, 1.54) is 22.4 Å². The third kappa shape index (κ3) is 2.38. The maximum Gasteiger partial charge on any atom is 0.0326 e. The number of hydrogen-bond acceptors (Lipinski definition) is 1. The highest BCUT2D eigenvalue weighted by Gasteiger charge is 2.08. The Morgan fingerprint density at radius 1 is 1.36 bits per heavy atom. The molecule has 0 saturated heterocycles. The molecule has 0 amide bonds. The summed E-state index contributed by atoms with van der Waals surface area (Å²) in [5, 5.41) is 3.21. The Balaban J connectivity index is 2.83. The van der Waals surface area contributed by atoms with Crippen molar-refractivity contribution in [1.29, 1.82) is 0 Å². The van der Waals surface area contributed by atoms with Crippen LogP contribution in [0, 0.1) is 0 Å². The molecule has 1 aliphatic rings. The summed E-state index contributed by atoms with van der Waals surface area (Å²) in [6, 6.07) is 0. The monoisotopic (exact) mass is 189 g/mol. The lowest BCUT2D eigenvalue weighted by molar-refractivity contribution is 0.873. The Morgan fingerprint density at radius 2 is 1.93 bits per heavy atom. The van der Waals surface area contributed by atoms with Crippen LogP contribution in [0.15, 0.2) is 47.2 Å². The first-order valence-corrected chi connectivity index (χ1v) is 5.09. The molecule has 1 nitrogen and oxygen atoms in total. The first-order valence-electron chi connectivity index (χ1n) is 5.09. The molecule has 0 spiro atoms. The normalized spacial score (nSPS) is 17.2. The van der Waals surface area contributed by atoms with Gasteiger partial charge in [-0.25, -0.2) is 0 Å². The molecule has 0 fully saturated rings. The predicted molar refractivity (Wildman–Crippen MR) is 63.0 cm³/mol. The lowest BCUT2D eigenvalue weighted by atomic mass is 9.93. The average Bonchev–Trinajstić information content (AvgIpc) is 2.20. The highest BCUT2D eigenvalue weighted by Crippen LogP contribution is 2.25. The van der Waals surface area contributed by atoms with Gasteiger partial charge in [0.05, 0.1) is 0 Å². The van der Waals surface area contributed by atoms with Crippen molar-refractivity contribution >= 4 is 0 Å². The first-order chi connectivity index (χ1) is 6.69. The van der Waals surface area contributed by atoms with E-state index in [4.69, 9.17) is 0 Å². The van der Waals surface area contributed by atoms with E-state index in [0.717, 1.165) is 12.8 Å². The molecular weight excluding hydrogens is 170 g/mol. The largest absolute Gasteiger partial charge is 0.388 e. The number of allylic oxidation sites excluding steroid dienone is 6. The van der Waals surface area contributed by atoms with Gasteiger partial charge in [-0.05, 0) is 37.8 Å². The molecule has 0 aromatic carbocycles. The molecule has 1 aliphatic carbocycles. The second kappa shape index (κ2) is 4.85. The fraction of sp³-hybridized carbons (Fsp3) is 0.385. The van der Waals surface area contributed by atoms with Crippen molar-refractivity contribution in [2.45, 2.75) is 26.7 Å². The minimum Gasteiger partial charge on any atom is -0.388 e. The van der Waals surface area contributed by atoms with E-state index in [2.05, 4.69) is 44.0 Å². The number of likely N-dealkylation sites (N-methyl/N-ethyl adjacent to an activating group) is 1. The van der Waals surface area contributed by atoms with Crippen LogP contribution < -0.4 is 5.32 Å². The summed E-state index contributed by atoms with van der Waals surface area (Å²) in [5.74, 6) is 0. The van der Waals surface area contributed by atoms with E-state index >= 15 is 0 Å². The zero-order valence-corrected chi connectivity index (χ0v) is 9.35. The van der Waals surface area contributed by atoms with Gasteiger partial charge in [0.15, 0.2) is 0 Å². The Kier molecular flexibility index (Phi) is 3.75. The van der Waals surface area contributed by atoms with Crippen LogP contribution in [-0.2, 0) is 0 Å². The summed E-state index contributed by atoms with van der Waals surface area (Å²) >= 11 is 0. The van der Waals surface area contributed by atoms with Crippen LogP contribution in [-0.4, -0.2) is 7.05 Å². The van der Waals surface area contributed by atoms with Crippen molar-refractivity contribution in [2.24, 2.45) is 0 Å². The SMILES string of the molecule is C=C(C)C1=CC=C(/C(=C/C)NC)CC1. The quantitative estimate of drug-likeness (QED) is 0.718. The van der Waals surface area contributed by atoms with Crippen LogP contribution in [0.4, 0.5) is 0 Å². The van der Waals surface area contributed by atoms with Gasteiger partial charge >= 0.3 is 0 Å². The molecule has 1 N–H and O–H groups in total. The van der Waals surface area contributed by atoms with Crippen molar-refractivity contribution in [3.8, 4) is 0 Å². The molecule has 0 aromatic heterocycles. The molecule has 0 saturated carbocycles. The Morgan fingerprint density at radius 3 is 2.29 bits per heavy atom. The summed E-state index contributed by atoms with van der Waals surface area (Å²) in [4.78, 5) is 0. The molecule has 0 atom stereocenters. The van der Waals surface area contributed by atoms with Gasteiger partial charge in [-0.15, -0.1) is 0 Å². The summed E-state index contributed by atoms with van der Waals surface area (Å²) in [7, 11) is 1.97. The summed E-state index contributed by atoms with van der Waals surface area (Å²) in [6.07, 6.45) is 8.71. The Bertz CT molecular complexity index is 316. The summed E-state index contributed by atoms with van der Waals surface area (Å²) < 4.78 is 0. The molecule has 1 rings (SSSR count). The van der Waals surface area contributed by atoms with Crippen molar-refractivity contribution in [3.63, 3.8) is 0 Å². The third-order valence-corrected chi connectivity index (χ3v) is 2.60. The van der Waals surface area contributed by atoms with Crippen LogP contribution >= 0.6 is 0 Å². The smallest absolute Gasteiger partial charge is 0.0326 e. The molecule has 76 valence electrons. The number of hydrogen-bond donors (Lipinski definition) is 1. The van der Waals surface area contributed by atoms with E-state index < -0.39 is 0 Å². The van der Waals surface area contributed by atoms with E-state index in [0.29, 0.717) is 0 Å². The Labute approximate surface area is 86.9 Å². The standard InChI is InChI=1S/C13H19N/c1-5-13(14-4)12-8-6-11(7-9-12)10(2)3/h5-6,8,14H,2,7,9H2,1,3-4H3/b13-5-. The summed E-state index contributed by atoms with van der Waals surface area (Å²) in [5.41, 5.74) is 5.19. The van der Waals surface area contributed by atoms with E-state index in [-0.39, 0.29) is 0 Å². The molecular formula is C13H19N. The van der Waals surface area contributed by atoms with Crippen molar-refractivity contribution < 1.29 is 0 Å². The molecule has 1 heteroatoms. The molecule has 14 heavy (non-hydrogen) atoms. The van der Waals surface area contributed by atoms with Crippen molar-refractivity contribution in [2.75, 3.05) is 7.05 Å². The highest BCUT2D eigenvalue weighted by molar-refractivity contribution is 5.41. The van der Waals surface area contributed by atoms with Crippen LogP contribution in [0.1, 0.15) is 26.7 Å². The van der Waals surface area contributed by atoms with Crippen LogP contribution in [0.5, 0.6) is 0 Å². The van der Waals surface area contributed by atoms with Gasteiger partial charge in [0.2, 0.25) is 0 Å². The second-order valence-corrected chi connectivity index (χ2v) is 3.62. The van der Waals surface area contributed by atoms with E-state index in [1.54, 1.807) is 0 Å². The lowest BCUT2D eigenvalue weighted by Crippen LogP contribution is -2.09. The number of rotatable bonds is 3. The molecule has 0 heterocycles. The fourth-order valence-corrected chi connectivity index (χ4v) is 1.71. The van der Waals surface area contributed by atoms with Gasteiger partial charge in [0.25, 0.3) is 0 Å².